The number of rotatable bonds is 6. The molecule has 3 heterocycles. The molecule has 158 valence electrons. The summed E-state index contributed by atoms with van der Waals surface area (Å²) in [5.41, 5.74) is 0.726. The minimum atomic E-state index is -0.172. The fourth-order valence-electron chi connectivity index (χ4n) is 3.94. The Morgan fingerprint density at radius 1 is 1.13 bits per heavy atom. The average molecular weight is 410 g/mol. The Hall–Kier alpha value is -3.29. The smallest absolute Gasteiger partial charge is 0.325 e. The number of nitrogens with zero attached hydrogens (tertiary/aromatic N) is 4. The molecule has 0 spiro atoms. The molecule has 2 aliphatic heterocycles. The number of para-hydroxylation sites is 2. The van der Waals surface area contributed by atoms with Crippen molar-refractivity contribution in [1.29, 1.82) is 0 Å². The molecule has 1 aromatic carbocycles. The molecule has 2 saturated heterocycles. The summed E-state index contributed by atoms with van der Waals surface area (Å²) >= 11 is 0. The Bertz CT molecular complexity index is 892. The normalized spacial score (nSPS) is 19.2. The molecule has 1 atom stereocenters. The van der Waals surface area contributed by atoms with Gasteiger partial charge in [-0.2, -0.15) is 0 Å². The van der Waals surface area contributed by atoms with E-state index in [1.165, 1.54) is 0 Å². The summed E-state index contributed by atoms with van der Waals surface area (Å²) in [5, 5.41) is 0. The van der Waals surface area contributed by atoms with Crippen LogP contribution in [0.5, 0.6) is 11.5 Å². The number of hydrogen-bond acceptors (Lipinski definition) is 5. The van der Waals surface area contributed by atoms with Crippen molar-refractivity contribution < 1.29 is 19.1 Å². The Balaban J connectivity index is 1.35. The number of likely N-dealkylation sites (tertiary alicyclic amines) is 1. The van der Waals surface area contributed by atoms with Gasteiger partial charge in [-0.25, -0.2) is 4.79 Å². The van der Waals surface area contributed by atoms with Crippen LogP contribution in [-0.4, -0.2) is 72.7 Å². The van der Waals surface area contributed by atoms with Crippen LogP contribution in [0.3, 0.4) is 0 Å². The first kappa shape index (κ1) is 20.0. The third-order valence-electron chi connectivity index (χ3n) is 5.48. The van der Waals surface area contributed by atoms with Gasteiger partial charge in [0.1, 0.15) is 24.1 Å². The van der Waals surface area contributed by atoms with Crippen molar-refractivity contribution >= 4 is 17.6 Å². The van der Waals surface area contributed by atoms with E-state index in [0.717, 1.165) is 24.3 Å². The first-order valence-corrected chi connectivity index (χ1v) is 10.2. The van der Waals surface area contributed by atoms with E-state index >= 15 is 0 Å². The van der Waals surface area contributed by atoms with Crippen molar-refractivity contribution in [3.63, 3.8) is 0 Å². The molecule has 0 bridgehead atoms. The summed E-state index contributed by atoms with van der Waals surface area (Å²) < 4.78 is 11.4. The van der Waals surface area contributed by atoms with Gasteiger partial charge in [0.05, 0.1) is 19.3 Å². The summed E-state index contributed by atoms with van der Waals surface area (Å²) in [5.74, 6) is 1.35. The number of carbonyl (C=O) groups is 2. The minimum Gasteiger partial charge on any atom is -0.495 e. The summed E-state index contributed by atoms with van der Waals surface area (Å²) in [6.45, 7) is 2.33. The Labute approximate surface area is 176 Å². The molecule has 8 heteroatoms. The number of hydrogen-bond donors (Lipinski definition) is 0. The molecule has 2 fully saturated rings. The molecule has 30 heavy (non-hydrogen) atoms. The monoisotopic (exact) mass is 410 g/mol. The first-order valence-electron chi connectivity index (χ1n) is 10.2. The number of piperidine rings is 1. The third-order valence-corrected chi connectivity index (χ3v) is 5.48. The summed E-state index contributed by atoms with van der Waals surface area (Å²) in [6.07, 6.45) is 5.10. The number of methoxy groups -OCH3 is 1. The maximum atomic E-state index is 12.9. The van der Waals surface area contributed by atoms with Crippen molar-refractivity contribution in [2.75, 3.05) is 44.7 Å². The van der Waals surface area contributed by atoms with E-state index < -0.39 is 0 Å². The predicted octanol–water partition coefficient (Wildman–Crippen LogP) is 2.40. The van der Waals surface area contributed by atoms with Gasteiger partial charge in [-0.15, -0.1) is 0 Å². The number of amides is 3. The van der Waals surface area contributed by atoms with E-state index in [0.29, 0.717) is 31.9 Å². The van der Waals surface area contributed by atoms with Crippen molar-refractivity contribution in [3.05, 3.63) is 48.8 Å². The molecule has 8 nitrogen and oxygen atoms in total. The van der Waals surface area contributed by atoms with Crippen molar-refractivity contribution in [2.24, 2.45) is 0 Å². The standard InChI is InChI=1S/C22H26N4O4/c1-29-20-7-3-2-6-19(20)26-14-13-25(22(26)28)16-21(27)24-12-4-5-18(15-24)30-17-8-10-23-11-9-17/h2-3,6-11,18H,4-5,12-16H2,1H3. The molecule has 4 rings (SSSR count). The zero-order valence-electron chi connectivity index (χ0n) is 17.1. The summed E-state index contributed by atoms with van der Waals surface area (Å²) in [6, 6.07) is 10.9. The summed E-state index contributed by atoms with van der Waals surface area (Å²) in [7, 11) is 1.58. The minimum absolute atomic E-state index is 0.0479. The van der Waals surface area contributed by atoms with Crippen LogP contribution in [0, 0.1) is 0 Å². The van der Waals surface area contributed by atoms with E-state index in [1.807, 2.05) is 36.4 Å². The molecule has 0 aliphatic carbocycles. The number of urea groups is 1. The SMILES string of the molecule is COc1ccccc1N1CCN(CC(=O)N2CCCC(Oc3ccncc3)C2)C1=O. The second-order valence-electron chi connectivity index (χ2n) is 7.43. The number of pyridine rings is 1. The lowest BCUT2D eigenvalue weighted by Gasteiger charge is -2.33. The quantitative estimate of drug-likeness (QED) is 0.731. The van der Waals surface area contributed by atoms with E-state index in [2.05, 4.69) is 4.98 Å². The number of carbonyl (C=O) groups excluding carboxylic acids is 2. The van der Waals surface area contributed by atoms with E-state index in [-0.39, 0.29) is 24.6 Å². The van der Waals surface area contributed by atoms with Gasteiger partial charge in [-0.05, 0) is 37.1 Å². The topological polar surface area (TPSA) is 75.2 Å². The van der Waals surface area contributed by atoms with Gasteiger partial charge in [0.2, 0.25) is 5.91 Å². The molecule has 0 radical (unpaired) electrons. The molecule has 1 unspecified atom stereocenters. The molecular weight excluding hydrogens is 384 g/mol. The lowest BCUT2D eigenvalue weighted by atomic mass is 10.1. The molecule has 0 saturated carbocycles. The van der Waals surface area contributed by atoms with Gasteiger partial charge >= 0.3 is 6.03 Å². The van der Waals surface area contributed by atoms with Crippen LogP contribution in [0.2, 0.25) is 0 Å². The van der Waals surface area contributed by atoms with Gasteiger partial charge in [0.15, 0.2) is 0 Å². The van der Waals surface area contributed by atoms with E-state index in [9.17, 15) is 9.59 Å². The Morgan fingerprint density at radius 2 is 1.93 bits per heavy atom. The van der Waals surface area contributed by atoms with Gasteiger partial charge in [-0.3, -0.25) is 14.7 Å². The third kappa shape index (κ3) is 4.32. The van der Waals surface area contributed by atoms with Gasteiger partial charge in [0.25, 0.3) is 0 Å². The Kier molecular flexibility index (Phi) is 6.02. The fraction of sp³-hybridized carbons (Fsp3) is 0.409. The van der Waals surface area contributed by atoms with E-state index in [1.54, 1.807) is 34.2 Å². The van der Waals surface area contributed by atoms with Crippen molar-refractivity contribution in [1.82, 2.24) is 14.8 Å². The highest BCUT2D eigenvalue weighted by molar-refractivity contribution is 5.97. The fourth-order valence-corrected chi connectivity index (χ4v) is 3.94. The second-order valence-corrected chi connectivity index (χ2v) is 7.43. The molecule has 0 N–H and O–H groups in total. The average Bonchev–Trinajstić information content (AvgIpc) is 3.14. The number of anilines is 1. The highest BCUT2D eigenvalue weighted by Crippen LogP contribution is 2.30. The van der Waals surface area contributed by atoms with Crippen LogP contribution >= 0.6 is 0 Å². The van der Waals surface area contributed by atoms with Crippen LogP contribution < -0.4 is 14.4 Å². The van der Waals surface area contributed by atoms with Crippen LogP contribution in [0.4, 0.5) is 10.5 Å². The molecule has 2 aliphatic rings. The lowest BCUT2D eigenvalue weighted by Crippen LogP contribution is -2.48. The van der Waals surface area contributed by atoms with Crippen molar-refractivity contribution in [3.8, 4) is 11.5 Å². The summed E-state index contributed by atoms with van der Waals surface area (Å²) in [4.78, 5) is 34.8. The zero-order chi connectivity index (χ0) is 20.9. The Morgan fingerprint density at radius 3 is 2.73 bits per heavy atom. The maximum Gasteiger partial charge on any atom is 0.325 e. The van der Waals surface area contributed by atoms with Crippen LogP contribution in [0.25, 0.3) is 0 Å². The highest BCUT2D eigenvalue weighted by Gasteiger charge is 2.34. The predicted molar refractivity (Wildman–Crippen MR) is 112 cm³/mol. The van der Waals surface area contributed by atoms with Crippen LogP contribution in [-0.2, 0) is 4.79 Å². The van der Waals surface area contributed by atoms with Crippen LogP contribution in [0.15, 0.2) is 48.8 Å². The molecule has 2 aromatic rings. The van der Waals surface area contributed by atoms with Crippen LogP contribution in [0.1, 0.15) is 12.8 Å². The zero-order valence-corrected chi connectivity index (χ0v) is 17.1. The number of ether oxygens (including phenoxy) is 2. The number of aromatic nitrogens is 1. The number of benzene rings is 1. The molecular formula is C22H26N4O4. The first-order chi connectivity index (χ1) is 14.7. The molecule has 1 aromatic heterocycles. The maximum absolute atomic E-state index is 12.9. The van der Waals surface area contributed by atoms with Gasteiger partial charge in [0, 0.05) is 32.0 Å². The second kappa shape index (κ2) is 9.02. The molecule has 3 amide bonds. The highest BCUT2D eigenvalue weighted by atomic mass is 16.5. The van der Waals surface area contributed by atoms with Gasteiger partial charge in [-0.1, -0.05) is 12.1 Å². The van der Waals surface area contributed by atoms with E-state index in [4.69, 9.17) is 9.47 Å². The largest absolute Gasteiger partial charge is 0.495 e. The van der Waals surface area contributed by atoms with Crippen molar-refractivity contribution in [2.45, 2.75) is 18.9 Å². The van der Waals surface area contributed by atoms with Gasteiger partial charge < -0.3 is 19.3 Å². The lowest BCUT2D eigenvalue weighted by molar-refractivity contribution is -0.134.